The second-order valence-electron chi connectivity index (χ2n) is 18.4. The van der Waals surface area contributed by atoms with Crippen LogP contribution in [0.15, 0.2) is 24.3 Å². The fraction of sp³-hybridized carbons (Fsp3) is 0.674. The number of rotatable bonds is 11. The maximum atomic E-state index is 15.0. The second-order valence-corrected chi connectivity index (χ2v) is 20.6. The van der Waals surface area contributed by atoms with E-state index in [4.69, 9.17) is 18.9 Å². The van der Waals surface area contributed by atoms with Gasteiger partial charge in [-0.2, -0.15) is 26.3 Å². The van der Waals surface area contributed by atoms with Gasteiger partial charge in [0.05, 0.1) is 60.3 Å². The Labute approximate surface area is 367 Å². The number of hydrogen-bond acceptors (Lipinski definition) is 12. The maximum absolute atomic E-state index is 15.0. The average molecular weight is 933 g/mol. The molecule has 14 nitrogen and oxygen atoms in total. The number of amides is 2. The van der Waals surface area contributed by atoms with Crippen molar-refractivity contribution in [2.75, 3.05) is 20.8 Å². The van der Waals surface area contributed by atoms with Crippen molar-refractivity contribution in [2.45, 2.75) is 134 Å². The number of fused-ring (bicyclic) bond motifs is 3. The van der Waals surface area contributed by atoms with Crippen LogP contribution in [-0.4, -0.2) is 96.3 Å². The molecule has 2 amide bonds. The number of alkyl halides is 6. The highest BCUT2D eigenvalue weighted by atomic mass is 32.2. The van der Waals surface area contributed by atoms with E-state index >= 15 is 4.79 Å². The lowest BCUT2D eigenvalue weighted by Gasteiger charge is -2.34. The van der Waals surface area contributed by atoms with E-state index in [1.165, 1.54) is 25.0 Å². The molecule has 2 aliphatic heterocycles. The van der Waals surface area contributed by atoms with Gasteiger partial charge in [-0.15, -0.1) is 0 Å². The number of halogens is 6. The molecular formula is C43H54F6N4O10S. The number of Topliss-reactive ketones (excluding diaryl/α,β-unsaturated/α-hetero) is 1. The van der Waals surface area contributed by atoms with Gasteiger partial charge in [0.25, 0.3) is 0 Å². The number of hydrogen-bond donors (Lipinski definition) is 1. The Morgan fingerprint density at radius 2 is 1.64 bits per heavy atom. The first-order chi connectivity index (χ1) is 29.7. The topological polar surface area (TPSA) is 180 Å². The van der Waals surface area contributed by atoms with Gasteiger partial charge in [0, 0.05) is 25.0 Å². The fourth-order valence-corrected chi connectivity index (χ4v) is 10.0. The minimum absolute atomic E-state index is 0.0595. The zero-order valence-electron chi connectivity index (χ0n) is 36.7. The molecule has 2 saturated carbocycles. The summed E-state index contributed by atoms with van der Waals surface area (Å²) in [7, 11) is -1.89. The van der Waals surface area contributed by atoms with E-state index in [2.05, 4.69) is 14.7 Å². The summed E-state index contributed by atoms with van der Waals surface area (Å²) in [6.07, 6.45) is -6.01. The third-order valence-corrected chi connectivity index (χ3v) is 15.4. The molecule has 1 N–H and O–H groups in total. The van der Waals surface area contributed by atoms with Crippen molar-refractivity contribution in [1.82, 2.24) is 19.6 Å². The van der Waals surface area contributed by atoms with Crippen molar-refractivity contribution in [3.63, 3.8) is 0 Å². The minimum Gasteiger partial charge on any atom is -0.493 e. The monoisotopic (exact) mass is 932 g/mol. The first-order valence-electron chi connectivity index (χ1n) is 21.2. The van der Waals surface area contributed by atoms with Gasteiger partial charge in [-0.25, -0.2) is 18.4 Å². The lowest BCUT2D eigenvalue weighted by atomic mass is 9.79. The highest BCUT2D eigenvalue weighted by Crippen LogP contribution is 2.58. The van der Waals surface area contributed by atoms with Crippen LogP contribution in [0.2, 0.25) is 0 Å². The summed E-state index contributed by atoms with van der Waals surface area (Å²) in [5.41, 5.74) is -6.06. The molecule has 64 heavy (non-hydrogen) atoms. The fourth-order valence-electron chi connectivity index (χ4n) is 8.71. The van der Waals surface area contributed by atoms with Crippen LogP contribution in [0.25, 0.3) is 11.0 Å². The van der Waals surface area contributed by atoms with Crippen LogP contribution in [-0.2, 0) is 40.1 Å². The predicted octanol–water partition coefficient (Wildman–Crippen LogP) is 7.27. The molecule has 3 heterocycles. The first kappa shape index (κ1) is 48.8. The summed E-state index contributed by atoms with van der Waals surface area (Å²) in [4.78, 5) is 66.1. The molecule has 2 aromatic rings. The van der Waals surface area contributed by atoms with Crippen LogP contribution >= 0.6 is 0 Å². The summed E-state index contributed by atoms with van der Waals surface area (Å²) in [5.74, 6) is -6.87. The van der Waals surface area contributed by atoms with Crippen molar-refractivity contribution in [1.29, 1.82) is 0 Å². The quantitative estimate of drug-likeness (QED) is 0.136. The Bertz CT molecular complexity index is 2300. The molecule has 6 rings (SSSR count). The molecule has 0 spiro atoms. The first-order valence-corrected chi connectivity index (χ1v) is 22.7. The van der Waals surface area contributed by atoms with Crippen LogP contribution in [0, 0.1) is 29.1 Å². The molecule has 0 radical (unpaired) electrons. The predicted molar refractivity (Wildman–Crippen MR) is 217 cm³/mol. The van der Waals surface area contributed by atoms with E-state index in [1.807, 2.05) is 13.0 Å². The van der Waals surface area contributed by atoms with E-state index in [9.17, 15) is 49.1 Å². The summed E-state index contributed by atoms with van der Waals surface area (Å²) < 4.78 is 132. The molecule has 1 saturated heterocycles. The normalized spacial score (nSPS) is 28.2. The molecule has 4 aliphatic rings. The van der Waals surface area contributed by atoms with Gasteiger partial charge >= 0.3 is 18.3 Å². The molecule has 7 atom stereocenters. The van der Waals surface area contributed by atoms with Crippen molar-refractivity contribution in [3.05, 3.63) is 30.0 Å². The van der Waals surface area contributed by atoms with Crippen molar-refractivity contribution >= 4 is 44.6 Å². The number of nitrogens with one attached hydrogen (secondary N) is 1. The molecule has 0 unspecified atom stereocenters. The smallest absolute Gasteiger partial charge is 0.438 e. The van der Waals surface area contributed by atoms with Crippen molar-refractivity contribution in [2.24, 2.45) is 29.1 Å². The molecule has 1 aromatic heterocycles. The second kappa shape index (κ2) is 17.6. The highest BCUT2D eigenvalue weighted by molar-refractivity contribution is 7.91. The summed E-state index contributed by atoms with van der Waals surface area (Å²) in [6, 6.07) is 1.07. The Balaban J connectivity index is 1.39. The van der Waals surface area contributed by atoms with Gasteiger partial charge in [0.15, 0.2) is 17.3 Å². The number of allylic oxidation sites excluding steroid dienone is 2. The largest absolute Gasteiger partial charge is 0.493 e. The third kappa shape index (κ3) is 9.93. The van der Waals surface area contributed by atoms with E-state index in [0.29, 0.717) is 52.4 Å². The number of esters is 1. The zero-order chi connectivity index (χ0) is 47.4. The number of sulfonamides is 1. The van der Waals surface area contributed by atoms with Gasteiger partial charge in [0.2, 0.25) is 39.0 Å². The number of aromatic nitrogens is 2. The SMILES string of the molecule is CC[C@@H]1C[C@H](C)CC/C=C\[C@@H]2C[C@@]2(C(=O)NS(=O)(=O)C2(C)CC2)CC(=O)[C@@H]2C[C@@H](Oc3cc4nc(OC)c(C(F)(F)F)nc4cc3OC)CN2C(=O)[C@H]1CC(=O)OC(C)(C)C(F)(F)F. The van der Waals surface area contributed by atoms with E-state index in [-0.39, 0.29) is 47.8 Å². The Morgan fingerprint density at radius 1 is 0.984 bits per heavy atom. The zero-order valence-corrected chi connectivity index (χ0v) is 37.5. The minimum atomic E-state index is -4.93. The lowest BCUT2D eigenvalue weighted by Crippen LogP contribution is -2.49. The van der Waals surface area contributed by atoms with Crippen LogP contribution in [0.1, 0.15) is 105 Å². The average Bonchev–Trinajstić information content (AvgIpc) is 4.08. The van der Waals surface area contributed by atoms with Gasteiger partial charge < -0.3 is 23.8 Å². The van der Waals surface area contributed by atoms with Gasteiger partial charge in [-0.3, -0.25) is 23.9 Å². The van der Waals surface area contributed by atoms with E-state index in [0.717, 1.165) is 13.2 Å². The highest BCUT2D eigenvalue weighted by Gasteiger charge is 2.63. The van der Waals surface area contributed by atoms with Gasteiger partial charge in [-0.1, -0.05) is 32.4 Å². The Morgan fingerprint density at radius 3 is 2.23 bits per heavy atom. The van der Waals surface area contributed by atoms with Crippen molar-refractivity contribution < 1.29 is 72.9 Å². The summed E-state index contributed by atoms with van der Waals surface area (Å²) in [6.45, 7) is 6.30. The molecule has 21 heteroatoms. The molecule has 2 aliphatic carbocycles. The lowest BCUT2D eigenvalue weighted by molar-refractivity contribution is -0.257. The van der Waals surface area contributed by atoms with E-state index in [1.54, 1.807) is 13.0 Å². The molecule has 0 bridgehead atoms. The molecule has 354 valence electrons. The van der Waals surface area contributed by atoms with Crippen LogP contribution in [0.3, 0.4) is 0 Å². The third-order valence-electron chi connectivity index (χ3n) is 13.2. The number of ketones is 1. The number of benzene rings is 1. The van der Waals surface area contributed by atoms with Gasteiger partial charge in [0.1, 0.15) is 6.10 Å². The number of ether oxygens (including phenoxy) is 4. The Kier molecular flexibility index (Phi) is 13.4. The van der Waals surface area contributed by atoms with Crippen LogP contribution in [0.4, 0.5) is 26.3 Å². The Hall–Kier alpha value is -4.69. The van der Waals surface area contributed by atoms with Crippen LogP contribution < -0.4 is 18.9 Å². The van der Waals surface area contributed by atoms with E-state index < -0.39 is 116 Å². The van der Waals surface area contributed by atoms with Crippen molar-refractivity contribution in [3.8, 4) is 17.4 Å². The number of carbonyl (C=O) groups is 4. The number of methoxy groups -OCH3 is 2. The summed E-state index contributed by atoms with van der Waals surface area (Å²) >= 11 is 0. The van der Waals surface area contributed by atoms with Crippen LogP contribution in [0.5, 0.6) is 17.4 Å². The number of nitrogens with zero attached hydrogens (tertiary/aromatic N) is 3. The maximum Gasteiger partial charge on any atom is 0.438 e. The molecule has 1 aromatic carbocycles. The molecular weight excluding hydrogens is 879 g/mol. The molecule has 3 fully saturated rings. The standard InChI is InChI=1S/C43H54F6N4O10S/c1-8-24-15-23(2)11-9-10-12-25-20-41(25,38(57)52-64(58,59)40(5)13-14-40)21-31(54)30-16-26(22-53(30)37(56)27(24)17-34(55)63-39(3,4)43(47,48)49)62-33-19-29-28(18-32(33)60-6)50-35(42(44,45)46)36(51-29)61-7/h10,12,18-19,23-27,30H,8-9,11,13-17,20-22H2,1-7H3,(H,52,57)/b12-10-/t23-,24-,25-,26-,27+,30+,41-/m1/s1. The number of carbonyl (C=O) groups excluding carboxylic acids is 4. The summed E-state index contributed by atoms with van der Waals surface area (Å²) in [5, 5.41) is 0. The van der Waals surface area contributed by atoms with Gasteiger partial charge in [-0.05, 0) is 77.0 Å².